The van der Waals surface area contributed by atoms with Crippen molar-refractivity contribution >= 4 is 17.6 Å². The highest BCUT2D eigenvalue weighted by atomic mass is 19.2. The third-order valence-corrected chi connectivity index (χ3v) is 1.67. The molecule has 0 aliphatic heterocycles. The first-order chi connectivity index (χ1) is 7.45. The zero-order valence-electron chi connectivity index (χ0n) is 7.75. The summed E-state index contributed by atoms with van der Waals surface area (Å²) in [5.41, 5.74) is -0.975. The summed E-state index contributed by atoms with van der Waals surface area (Å²) in [4.78, 5) is 21.5. The van der Waals surface area contributed by atoms with Crippen LogP contribution in [0.4, 0.5) is 14.5 Å². The molecular weight excluding hydrogens is 220 g/mol. The highest BCUT2D eigenvalue weighted by Gasteiger charge is 2.16. The average Bonchev–Trinajstić information content (AvgIpc) is 2.22. The summed E-state index contributed by atoms with van der Waals surface area (Å²) in [5.74, 6) is -3.41. The lowest BCUT2D eigenvalue weighted by Gasteiger charge is -2.06. The Morgan fingerprint density at radius 3 is 2.38 bits per heavy atom. The number of carboxylic acids is 1. The van der Waals surface area contributed by atoms with Crippen LogP contribution in [0.1, 0.15) is 10.4 Å². The molecule has 0 atom stereocenters. The zero-order chi connectivity index (χ0) is 12.3. The van der Waals surface area contributed by atoms with Gasteiger partial charge in [-0.2, -0.15) is 0 Å². The third kappa shape index (κ3) is 2.33. The van der Waals surface area contributed by atoms with Crippen LogP contribution in [0.15, 0.2) is 12.1 Å². The van der Waals surface area contributed by atoms with E-state index in [1.165, 1.54) is 0 Å². The molecule has 0 bridgehead atoms. The van der Waals surface area contributed by atoms with E-state index < -0.39 is 34.8 Å². The molecule has 1 aromatic carbocycles. The Labute approximate surface area is 88.9 Å². The van der Waals surface area contributed by atoms with Crippen LogP contribution in [-0.4, -0.2) is 17.0 Å². The van der Waals surface area contributed by atoms with Gasteiger partial charge in [0.15, 0.2) is 11.6 Å². The first kappa shape index (κ1) is 11.7. The lowest BCUT2D eigenvalue weighted by atomic mass is 10.1. The van der Waals surface area contributed by atoms with Gasteiger partial charge in [-0.3, -0.25) is 4.79 Å². The Bertz CT molecular complexity index is 506. The van der Waals surface area contributed by atoms with Gasteiger partial charge in [-0.25, -0.2) is 13.6 Å². The lowest BCUT2D eigenvalue weighted by Crippen LogP contribution is -2.13. The SMILES string of the molecule is C#CC(=O)Nc1cc(F)c(F)cc1C(=O)O. The van der Waals surface area contributed by atoms with E-state index in [1.807, 2.05) is 5.32 Å². The maximum absolute atomic E-state index is 12.8. The summed E-state index contributed by atoms with van der Waals surface area (Å²) in [7, 11) is 0. The predicted octanol–water partition coefficient (Wildman–Crippen LogP) is 1.23. The Kier molecular flexibility index (Phi) is 3.20. The minimum absolute atomic E-state index is 0.394. The van der Waals surface area contributed by atoms with Gasteiger partial charge in [-0.1, -0.05) is 0 Å². The van der Waals surface area contributed by atoms with Crippen molar-refractivity contribution in [3.05, 3.63) is 29.3 Å². The van der Waals surface area contributed by atoms with Gasteiger partial charge >= 0.3 is 5.97 Å². The number of aromatic carboxylic acids is 1. The Balaban J connectivity index is 3.26. The van der Waals surface area contributed by atoms with Gasteiger partial charge in [0.2, 0.25) is 0 Å². The average molecular weight is 225 g/mol. The summed E-state index contributed by atoms with van der Waals surface area (Å²) in [6, 6.07) is 1.01. The van der Waals surface area contributed by atoms with Crippen molar-refractivity contribution in [3.8, 4) is 12.3 Å². The first-order valence-electron chi connectivity index (χ1n) is 3.95. The van der Waals surface area contributed by atoms with E-state index in [0.29, 0.717) is 12.1 Å². The number of benzene rings is 1. The molecule has 0 spiro atoms. The van der Waals surface area contributed by atoms with Crippen LogP contribution in [0, 0.1) is 24.0 Å². The van der Waals surface area contributed by atoms with E-state index in [-0.39, 0.29) is 0 Å². The third-order valence-electron chi connectivity index (χ3n) is 1.67. The standard InChI is InChI=1S/C10H5F2NO3/c1-2-9(14)13-8-4-7(12)6(11)3-5(8)10(15)16/h1,3-4H,(H,13,14)(H,15,16). The zero-order valence-corrected chi connectivity index (χ0v) is 7.75. The molecule has 0 fully saturated rings. The maximum atomic E-state index is 12.8. The normalized spacial score (nSPS) is 9.31. The molecule has 0 saturated heterocycles. The highest BCUT2D eigenvalue weighted by molar-refractivity contribution is 6.07. The summed E-state index contributed by atoms with van der Waals surface area (Å²) < 4.78 is 25.6. The minimum atomic E-state index is -1.51. The molecule has 2 N–H and O–H groups in total. The number of nitrogens with one attached hydrogen (secondary N) is 1. The number of terminal acetylenes is 1. The Hall–Kier alpha value is -2.42. The number of anilines is 1. The molecule has 0 saturated carbocycles. The number of carbonyl (C=O) groups is 2. The van der Waals surface area contributed by atoms with Crippen LogP contribution in [0.25, 0.3) is 0 Å². The Morgan fingerprint density at radius 2 is 1.88 bits per heavy atom. The van der Waals surface area contributed by atoms with Gasteiger partial charge in [0.05, 0.1) is 11.3 Å². The number of hydrogen-bond acceptors (Lipinski definition) is 2. The topological polar surface area (TPSA) is 66.4 Å². The van der Waals surface area contributed by atoms with Crippen LogP contribution in [-0.2, 0) is 4.79 Å². The van der Waals surface area contributed by atoms with E-state index >= 15 is 0 Å². The van der Waals surface area contributed by atoms with Gasteiger partial charge in [-0.05, 0) is 12.0 Å². The molecule has 6 heteroatoms. The van der Waals surface area contributed by atoms with Crippen molar-refractivity contribution in [2.24, 2.45) is 0 Å². The number of carbonyl (C=O) groups excluding carboxylic acids is 1. The number of halogens is 2. The second kappa shape index (κ2) is 4.40. The predicted molar refractivity (Wildman–Crippen MR) is 50.8 cm³/mol. The van der Waals surface area contributed by atoms with Crippen LogP contribution in [0.3, 0.4) is 0 Å². The quantitative estimate of drug-likeness (QED) is 0.744. The summed E-state index contributed by atoms with van der Waals surface area (Å²) in [6.07, 6.45) is 4.74. The molecule has 1 rings (SSSR count). The van der Waals surface area contributed by atoms with E-state index in [1.54, 1.807) is 5.92 Å². The number of carboxylic acid groups (broad SMARTS) is 1. The molecule has 1 amide bonds. The van der Waals surface area contributed by atoms with Crippen LogP contribution in [0.2, 0.25) is 0 Å². The fourth-order valence-corrected chi connectivity index (χ4v) is 0.986. The smallest absolute Gasteiger partial charge is 0.337 e. The molecule has 0 aromatic heterocycles. The molecule has 0 aliphatic carbocycles. The van der Waals surface area contributed by atoms with E-state index in [9.17, 15) is 18.4 Å². The highest BCUT2D eigenvalue weighted by Crippen LogP contribution is 2.20. The number of hydrogen-bond donors (Lipinski definition) is 2. The van der Waals surface area contributed by atoms with Crippen molar-refractivity contribution in [3.63, 3.8) is 0 Å². The maximum Gasteiger partial charge on any atom is 0.337 e. The molecule has 1 aromatic rings. The fourth-order valence-electron chi connectivity index (χ4n) is 0.986. The molecular formula is C10H5F2NO3. The second-order valence-electron chi connectivity index (χ2n) is 2.72. The van der Waals surface area contributed by atoms with E-state index in [2.05, 4.69) is 0 Å². The van der Waals surface area contributed by atoms with Gasteiger partial charge < -0.3 is 10.4 Å². The molecule has 0 aliphatic rings. The molecule has 16 heavy (non-hydrogen) atoms. The van der Waals surface area contributed by atoms with Gasteiger partial charge in [0.1, 0.15) is 0 Å². The number of amides is 1. The van der Waals surface area contributed by atoms with E-state index in [4.69, 9.17) is 11.5 Å². The molecule has 0 heterocycles. The van der Waals surface area contributed by atoms with Crippen molar-refractivity contribution in [1.29, 1.82) is 0 Å². The summed E-state index contributed by atoms with van der Waals surface area (Å²) in [5, 5.41) is 10.6. The second-order valence-corrected chi connectivity index (χ2v) is 2.72. The molecule has 4 nitrogen and oxygen atoms in total. The minimum Gasteiger partial charge on any atom is -0.478 e. The molecule has 0 radical (unpaired) electrons. The van der Waals surface area contributed by atoms with Gasteiger partial charge in [0.25, 0.3) is 5.91 Å². The first-order valence-corrected chi connectivity index (χ1v) is 3.95. The fraction of sp³-hybridized carbons (Fsp3) is 0. The molecule has 82 valence electrons. The van der Waals surface area contributed by atoms with Crippen molar-refractivity contribution < 1.29 is 23.5 Å². The largest absolute Gasteiger partial charge is 0.478 e. The van der Waals surface area contributed by atoms with Crippen molar-refractivity contribution in [1.82, 2.24) is 0 Å². The monoisotopic (exact) mass is 225 g/mol. The summed E-state index contributed by atoms with van der Waals surface area (Å²) >= 11 is 0. The van der Waals surface area contributed by atoms with E-state index in [0.717, 1.165) is 0 Å². The van der Waals surface area contributed by atoms with Crippen molar-refractivity contribution in [2.75, 3.05) is 5.32 Å². The Morgan fingerprint density at radius 1 is 1.31 bits per heavy atom. The van der Waals surface area contributed by atoms with Crippen LogP contribution in [0.5, 0.6) is 0 Å². The van der Waals surface area contributed by atoms with Crippen molar-refractivity contribution in [2.45, 2.75) is 0 Å². The molecule has 0 unspecified atom stereocenters. The van der Waals surface area contributed by atoms with Gasteiger partial charge in [-0.15, -0.1) is 6.42 Å². The van der Waals surface area contributed by atoms with Gasteiger partial charge in [0, 0.05) is 6.07 Å². The van der Waals surface area contributed by atoms with Crippen LogP contribution < -0.4 is 5.32 Å². The number of rotatable bonds is 2. The lowest BCUT2D eigenvalue weighted by molar-refractivity contribution is -0.111. The van der Waals surface area contributed by atoms with Crippen LogP contribution >= 0.6 is 0 Å². The summed E-state index contributed by atoms with van der Waals surface area (Å²) in [6.45, 7) is 0.